The molecule has 0 saturated heterocycles. The Bertz CT molecular complexity index is 657. The summed E-state index contributed by atoms with van der Waals surface area (Å²) in [5, 5.41) is 1.85. The van der Waals surface area contributed by atoms with Gasteiger partial charge in [0.1, 0.15) is 10.7 Å². The van der Waals surface area contributed by atoms with Crippen LogP contribution in [-0.2, 0) is 16.4 Å². The molecular weight excluding hydrogens is 289 g/mol. The molecule has 0 aliphatic rings. The molecule has 0 fully saturated rings. The third kappa shape index (κ3) is 3.49. The second kappa shape index (κ2) is 5.64. The van der Waals surface area contributed by atoms with Gasteiger partial charge in [-0.15, -0.1) is 11.3 Å². The highest BCUT2D eigenvalue weighted by Gasteiger charge is 2.17. The molecule has 1 aromatic carbocycles. The van der Waals surface area contributed by atoms with Gasteiger partial charge in [0.15, 0.2) is 0 Å². The second-order valence-electron chi connectivity index (χ2n) is 3.81. The Morgan fingerprint density at radius 2 is 2.21 bits per heavy atom. The molecule has 0 atom stereocenters. The number of sulfonamides is 1. The first-order valence-corrected chi connectivity index (χ1v) is 7.83. The molecule has 0 aliphatic carbocycles. The van der Waals surface area contributed by atoms with Gasteiger partial charge in [-0.1, -0.05) is 0 Å². The fourth-order valence-electron chi connectivity index (χ4n) is 1.52. The first-order valence-electron chi connectivity index (χ1n) is 5.41. The molecule has 0 amide bonds. The van der Waals surface area contributed by atoms with Crippen molar-refractivity contribution >= 4 is 27.0 Å². The predicted molar refractivity (Wildman–Crippen MR) is 71.8 cm³/mol. The normalized spacial score (nSPS) is 11.6. The Hall–Kier alpha value is -1.51. The summed E-state index contributed by atoms with van der Waals surface area (Å²) < 4.78 is 39.2. The number of nitrogens with zero attached hydrogens (tertiary/aromatic N) is 1. The number of halogens is 1. The summed E-state index contributed by atoms with van der Waals surface area (Å²) in [4.78, 5) is 3.93. The van der Waals surface area contributed by atoms with Crippen LogP contribution in [0.2, 0.25) is 0 Å². The summed E-state index contributed by atoms with van der Waals surface area (Å²) >= 11 is 1.45. The Morgan fingerprint density at radius 3 is 2.84 bits per heavy atom. The van der Waals surface area contributed by atoms with Gasteiger partial charge in [0, 0.05) is 18.3 Å². The van der Waals surface area contributed by atoms with Gasteiger partial charge in [-0.05, 0) is 18.2 Å². The summed E-state index contributed by atoms with van der Waals surface area (Å²) in [5.41, 5.74) is 7.90. The first-order chi connectivity index (χ1) is 8.99. The Kier molecular flexibility index (Phi) is 4.13. The van der Waals surface area contributed by atoms with Crippen LogP contribution < -0.4 is 10.5 Å². The van der Waals surface area contributed by atoms with E-state index in [9.17, 15) is 12.8 Å². The summed E-state index contributed by atoms with van der Waals surface area (Å²) in [6, 6.07) is 3.19. The number of nitrogens with one attached hydrogen (secondary N) is 1. The topological polar surface area (TPSA) is 85.1 Å². The molecule has 1 aromatic heterocycles. The highest BCUT2D eigenvalue weighted by molar-refractivity contribution is 7.89. The van der Waals surface area contributed by atoms with Crippen molar-refractivity contribution in [1.82, 2.24) is 9.71 Å². The van der Waals surface area contributed by atoms with Crippen molar-refractivity contribution in [3.05, 3.63) is 40.6 Å². The van der Waals surface area contributed by atoms with E-state index in [1.165, 1.54) is 11.3 Å². The molecule has 19 heavy (non-hydrogen) atoms. The molecule has 0 radical (unpaired) electrons. The van der Waals surface area contributed by atoms with Crippen LogP contribution in [-0.4, -0.2) is 19.9 Å². The molecule has 2 aromatic rings. The van der Waals surface area contributed by atoms with Gasteiger partial charge in [0.2, 0.25) is 10.0 Å². The zero-order chi connectivity index (χ0) is 13.9. The van der Waals surface area contributed by atoms with Gasteiger partial charge in [-0.2, -0.15) is 0 Å². The largest absolute Gasteiger partial charge is 0.398 e. The van der Waals surface area contributed by atoms with E-state index in [0.29, 0.717) is 6.42 Å². The van der Waals surface area contributed by atoms with Crippen molar-refractivity contribution in [2.45, 2.75) is 11.3 Å². The lowest BCUT2D eigenvalue weighted by molar-refractivity contribution is 0.581. The van der Waals surface area contributed by atoms with Crippen LogP contribution >= 0.6 is 11.3 Å². The standard InChI is InChI=1S/C11H12FN3O2S2/c12-8-1-2-11(10(13)5-8)19(16,17)15-4-3-9-6-18-7-14-9/h1-2,5-7,15H,3-4,13H2. The fraction of sp³-hybridized carbons (Fsp3) is 0.182. The van der Waals surface area contributed by atoms with Crippen LogP contribution in [0.15, 0.2) is 34.0 Å². The molecule has 2 rings (SSSR count). The third-order valence-electron chi connectivity index (χ3n) is 2.42. The monoisotopic (exact) mass is 301 g/mol. The van der Waals surface area contributed by atoms with Gasteiger partial charge in [0.25, 0.3) is 0 Å². The van der Waals surface area contributed by atoms with Crippen molar-refractivity contribution in [1.29, 1.82) is 0 Å². The quantitative estimate of drug-likeness (QED) is 0.817. The van der Waals surface area contributed by atoms with E-state index in [0.717, 1.165) is 23.9 Å². The maximum absolute atomic E-state index is 12.9. The van der Waals surface area contributed by atoms with E-state index in [1.807, 2.05) is 5.38 Å². The number of thiazole rings is 1. The number of anilines is 1. The van der Waals surface area contributed by atoms with Crippen molar-refractivity contribution < 1.29 is 12.8 Å². The lowest BCUT2D eigenvalue weighted by atomic mass is 10.3. The molecule has 5 nitrogen and oxygen atoms in total. The fourth-order valence-corrected chi connectivity index (χ4v) is 3.25. The van der Waals surface area contributed by atoms with Crippen molar-refractivity contribution in [3.63, 3.8) is 0 Å². The van der Waals surface area contributed by atoms with Crippen LogP contribution in [0.5, 0.6) is 0 Å². The average molecular weight is 301 g/mol. The van der Waals surface area contributed by atoms with Gasteiger partial charge in [-0.3, -0.25) is 0 Å². The van der Waals surface area contributed by atoms with Crippen LogP contribution in [0.4, 0.5) is 10.1 Å². The van der Waals surface area contributed by atoms with E-state index in [2.05, 4.69) is 9.71 Å². The van der Waals surface area contributed by atoms with E-state index < -0.39 is 15.8 Å². The minimum Gasteiger partial charge on any atom is -0.398 e. The highest BCUT2D eigenvalue weighted by atomic mass is 32.2. The lowest BCUT2D eigenvalue weighted by Gasteiger charge is -2.08. The lowest BCUT2D eigenvalue weighted by Crippen LogP contribution is -2.26. The molecule has 102 valence electrons. The van der Waals surface area contributed by atoms with Crippen LogP contribution in [0, 0.1) is 5.82 Å². The van der Waals surface area contributed by atoms with E-state index in [4.69, 9.17) is 5.73 Å². The second-order valence-corrected chi connectivity index (χ2v) is 6.26. The number of hydrogen-bond donors (Lipinski definition) is 2. The Morgan fingerprint density at radius 1 is 1.42 bits per heavy atom. The summed E-state index contributed by atoms with van der Waals surface area (Å²) in [5.74, 6) is -0.570. The summed E-state index contributed by atoms with van der Waals surface area (Å²) in [6.07, 6.45) is 0.490. The van der Waals surface area contributed by atoms with E-state index >= 15 is 0 Å². The Labute approximate surface area is 114 Å². The zero-order valence-corrected chi connectivity index (χ0v) is 11.5. The number of nitrogen functional groups attached to an aromatic ring is 1. The minimum absolute atomic E-state index is 0.110. The third-order valence-corrected chi connectivity index (χ3v) is 4.59. The average Bonchev–Trinajstić information content (AvgIpc) is 2.81. The Balaban J connectivity index is 2.05. The minimum atomic E-state index is -3.73. The highest BCUT2D eigenvalue weighted by Crippen LogP contribution is 2.18. The van der Waals surface area contributed by atoms with Gasteiger partial charge >= 0.3 is 0 Å². The summed E-state index contributed by atoms with van der Waals surface area (Å²) in [6.45, 7) is 0.211. The van der Waals surface area contributed by atoms with Crippen molar-refractivity contribution in [2.24, 2.45) is 0 Å². The first kappa shape index (κ1) is 13.9. The van der Waals surface area contributed by atoms with Crippen LogP contribution in [0.3, 0.4) is 0 Å². The van der Waals surface area contributed by atoms with E-state index in [1.54, 1.807) is 5.51 Å². The number of aromatic nitrogens is 1. The number of hydrogen-bond acceptors (Lipinski definition) is 5. The van der Waals surface area contributed by atoms with Crippen molar-refractivity contribution in [3.8, 4) is 0 Å². The molecule has 8 heteroatoms. The molecule has 0 saturated carbocycles. The van der Waals surface area contributed by atoms with E-state index in [-0.39, 0.29) is 17.1 Å². The smallest absolute Gasteiger partial charge is 0.242 e. The molecule has 0 aliphatic heterocycles. The number of rotatable bonds is 5. The molecule has 0 spiro atoms. The predicted octanol–water partition coefficient (Wildman–Crippen LogP) is 1.39. The van der Waals surface area contributed by atoms with Crippen LogP contribution in [0.25, 0.3) is 0 Å². The molecule has 3 N–H and O–H groups in total. The molecular formula is C11H12FN3O2S2. The number of nitrogens with two attached hydrogens (primary N) is 1. The van der Waals surface area contributed by atoms with Crippen molar-refractivity contribution in [2.75, 3.05) is 12.3 Å². The van der Waals surface area contributed by atoms with Gasteiger partial charge in [-0.25, -0.2) is 22.5 Å². The van der Waals surface area contributed by atoms with Crippen LogP contribution in [0.1, 0.15) is 5.69 Å². The van der Waals surface area contributed by atoms with Gasteiger partial charge in [0.05, 0.1) is 16.9 Å². The SMILES string of the molecule is Nc1cc(F)ccc1S(=O)(=O)NCCc1cscn1. The maximum Gasteiger partial charge on any atom is 0.242 e. The van der Waals surface area contributed by atoms with Gasteiger partial charge < -0.3 is 5.73 Å². The molecule has 0 unspecified atom stereocenters. The maximum atomic E-state index is 12.9. The molecule has 1 heterocycles. The number of benzene rings is 1. The molecule has 0 bridgehead atoms. The zero-order valence-electron chi connectivity index (χ0n) is 9.84. The summed E-state index contributed by atoms with van der Waals surface area (Å²) in [7, 11) is -3.73.